The van der Waals surface area contributed by atoms with Crippen molar-refractivity contribution in [3.05, 3.63) is 100 Å². The highest BCUT2D eigenvalue weighted by Gasteiger charge is 2.43. The van der Waals surface area contributed by atoms with Crippen molar-refractivity contribution in [2.24, 2.45) is 5.41 Å². The van der Waals surface area contributed by atoms with E-state index < -0.39 is 18.2 Å². The van der Waals surface area contributed by atoms with E-state index in [-0.39, 0.29) is 42.9 Å². The Balaban J connectivity index is 1.24. The number of pyridine rings is 1. The van der Waals surface area contributed by atoms with Crippen LogP contribution in [0, 0.1) is 12.3 Å². The number of alkyl halides is 3. The number of ether oxygens (including phenoxy) is 1. The number of hydrogen-bond donors (Lipinski definition) is 1. The fourth-order valence-electron chi connectivity index (χ4n) is 8.40. The zero-order valence-electron chi connectivity index (χ0n) is 29.4. The van der Waals surface area contributed by atoms with Gasteiger partial charge in [0.05, 0.1) is 11.8 Å². The molecule has 0 bridgehead atoms. The van der Waals surface area contributed by atoms with Crippen LogP contribution in [0.15, 0.2) is 60.9 Å². The minimum atomic E-state index is -2.73. The van der Waals surface area contributed by atoms with Crippen molar-refractivity contribution in [1.29, 1.82) is 0 Å². The summed E-state index contributed by atoms with van der Waals surface area (Å²) < 4.78 is 51.3. The molecule has 51 heavy (non-hydrogen) atoms. The molecule has 0 spiro atoms. The number of aliphatic hydroxyl groups excluding tert-OH is 1. The largest absolute Gasteiger partial charge is 0.429 e. The average Bonchev–Trinajstić information content (AvgIpc) is 3.11. The third kappa shape index (κ3) is 7.38. The normalized spacial score (nSPS) is 21.2. The molecule has 0 amide bonds. The van der Waals surface area contributed by atoms with Crippen LogP contribution in [-0.2, 0) is 11.2 Å². The number of carbonyl (C=O) groups is 1. The maximum Gasteiger partial charge on any atom is 0.298 e. The predicted molar refractivity (Wildman–Crippen MR) is 190 cm³/mol. The number of carbonyl (C=O) groups excluding carboxylic acids is 1. The van der Waals surface area contributed by atoms with Crippen molar-refractivity contribution in [2.75, 3.05) is 18.0 Å². The smallest absolute Gasteiger partial charge is 0.298 e. The van der Waals surface area contributed by atoms with Gasteiger partial charge in [-0.05, 0) is 85.6 Å². The molecule has 1 saturated carbocycles. The molecule has 2 aromatic carbocycles. The fraction of sp³-hybridized carbons (Fsp3) is 0.463. The first-order chi connectivity index (χ1) is 24.4. The number of benzene rings is 2. The third-order valence-corrected chi connectivity index (χ3v) is 11.1. The summed E-state index contributed by atoms with van der Waals surface area (Å²) in [7, 11) is 0. The van der Waals surface area contributed by atoms with Gasteiger partial charge in [0, 0.05) is 66.6 Å². The number of piperidine rings is 1. The maximum absolute atomic E-state index is 17.3. The van der Waals surface area contributed by atoms with Crippen LogP contribution in [0.2, 0.25) is 0 Å². The minimum Gasteiger partial charge on any atom is -0.429 e. The second-order valence-electron chi connectivity index (χ2n) is 15.4. The number of aliphatic hydroxyl groups is 1. The lowest BCUT2D eigenvalue weighted by atomic mass is 9.68. The standard InChI is InChI=1S/C41H45F3N4O3/c1-25-7-9-27(10-8-25)37(42)36-34(26-11-15-41(43,44)16-12-26)35-32(20-40(2,3)21-33(35)50)47-38(36)28-13-17-48(18-14-28)39-45-22-30(23-46-39)29-5-4-6-31(19-29)51-24-49/h4-10,19,22-24,26,28,33,37,50H,11-18,20-21H2,1-3H3/t33-,37-/m0/s1. The van der Waals surface area contributed by atoms with E-state index in [9.17, 15) is 18.7 Å². The molecular weight excluding hydrogens is 653 g/mol. The van der Waals surface area contributed by atoms with Crippen LogP contribution >= 0.6 is 0 Å². The number of aromatic nitrogens is 3. The maximum atomic E-state index is 17.3. The molecule has 7 nitrogen and oxygen atoms in total. The van der Waals surface area contributed by atoms with Crippen molar-refractivity contribution < 1.29 is 27.8 Å². The van der Waals surface area contributed by atoms with Gasteiger partial charge in [0.15, 0.2) is 6.17 Å². The van der Waals surface area contributed by atoms with Crippen molar-refractivity contribution in [3.8, 4) is 16.9 Å². The summed E-state index contributed by atoms with van der Waals surface area (Å²) >= 11 is 0. The zero-order chi connectivity index (χ0) is 35.9. The Kier molecular flexibility index (Phi) is 9.65. The van der Waals surface area contributed by atoms with Gasteiger partial charge in [-0.1, -0.05) is 55.8 Å². The molecule has 4 aromatic rings. The molecule has 0 unspecified atom stereocenters. The predicted octanol–water partition coefficient (Wildman–Crippen LogP) is 9.12. The first kappa shape index (κ1) is 35.1. The third-order valence-electron chi connectivity index (χ3n) is 11.1. The van der Waals surface area contributed by atoms with Gasteiger partial charge < -0.3 is 14.7 Å². The average molecular weight is 699 g/mol. The van der Waals surface area contributed by atoms with Gasteiger partial charge in [0.25, 0.3) is 6.47 Å². The summed E-state index contributed by atoms with van der Waals surface area (Å²) in [5, 5.41) is 11.7. The Labute approximate surface area is 297 Å². The number of anilines is 1. The van der Waals surface area contributed by atoms with Crippen molar-refractivity contribution in [2.45, 2.75) is 102 Å². The Bertz CT molecular complexity index is 1860. The first-order valence-electron chi connectivity index (χ1n) is 18.0. The topological polar surface area (TPSA) is 88.4 Å². The molecule has 1 saturated heterocycles. The van der Waals surface area contributed by atoms with Gasteiger partial charge in [-0.25, -0.2) is 23.1 Å². The van der Waals surface area contributed by atoms with Gasteiger partial charge in [-0.15, -0.1) is 0 Å². The van der Waals surface area contributed by atoms with Gasteiger partial charge in [-0.3, -0.25) is 9.78 Å². The Hall–Kier alpha value is -4.31. The molecule has 268 valence electrons. The number of aryl methyl sites for hydroxylation is 1. The molecule has 3 heterocycles. The molecule has 0 radical (unpaired) electrons. The van der Waals surface area contributed by atoms with Crippen LogP contribution in [0.3, 0.4) is 0 Å². The molecule has 2 aliphatic carbocycles. The van der Waals surface area contributed by atoms with Crippen molar-refractivity contribution in [1.82, 2.24) is 15.0 Å². The highest BCUT2D eigenvalue weighted by atomic mass is 19.3. The highest BCUT2D eigenvalue weighted by molar-refractivity contribution is 5.65. The highest BCUT2D eigenvalue weighted by Crippen LogP contribution is 2.52. The monoisotopic (exact) mass is 698 g/mol. The van der Waals surface area contributed by atoms with Crippen LogP contribution in [0.4, 0.5) is 19.1 Å². The summed E-state index contributed by atoms with van der Waals surface area (Å²) in [6, 6.07) is 14.5. The number of fused-ring (bicyclic) bond motifs is 1. The number of hydrogen-bond acceptors (Lipinski definition) is 7. The van der Waals surface area contributed by atoms with E-state index in [0.717, 1.165) is 27.9 Å². The molecule has 2 atom stereocenters. The summed E-state index contributed by atoms with van der Waals surface area (Å²) in [6.45, 7) is 7.83. The van der Waals surface area contributed by atoms with E-state index >= 15 is 4.39 Å². The van der Waals surface area contributed by atoms with Crippen LogP contribution in [0.5, 0.6) is 5.75 Å². The molecule has 2 fully saturated rings. The van der Waals surface area contributed by atoms with E-state index in [1.165, 1.54) is 0 Å². The summed E-state index contributed by atoms with van der Waals surface area (Å²) in [5.41, 5.74) is 6.29. The Morgan fingerprint density at radius 1 is 0.941 bits per heavy atom. The summed E-state index contributed by atoms with van der Waals surface area (Å²) in [4.78, 5) is 27.5. The second-order valence-corrected chi connectivity index (χ2v) is 15.4. The Morgan fingerprint density at radius 2 is 1.63 bits per heavy atom. The van der Waals surface area contributed by atoms with Crippen LogP contribution in [0.25, 0.3) is 11.1 Å². The van der Waals surface area contributed by atoms with Gasteiger partial charge >= 0.3 is 0 Å². The molecule has 10 heteroatoms. The van der Waals surface area contributed by atoms with E-state index in [1.54, 1.807) is 42.7 Å². The van der Waals surface area contributed by atoms with Crippen molar-refractivity contribution >= 4 is 12.4 Å². The van der Waals surface area contributed by atoms with Crippen molar-refractivity contribution in [3.63, 3.8) is 0 Å². The molecule has 3 aliphatic rings. The van der Waals surface area contributed by atoms with Crippen LogP contribution in [-0.4, -0.2) is 45.5 Å². The second kappa shape index (κ2) is 14.0. The Morgan fingerprint density at radius 3 is 2.29 bits per heavy atom. The molecule has 1 N–H and O–H groups in total. The van der Waals surface area contributed by atoms with Crippen LogP contribution in [0.1, 0.15) is 122 Å². The molecular formula is C41H45F3N4O3. The lowest BCUT2D eigenvalue weighted by Gasteiger charge is -2.41. The zero-order valence-corrected chi connectivity index (χ0v) is 29.4. The van der Waals surface area contributed by atoms with Gasteiger partial charge in [-0.2, -0.15) is 0 Å². The first-order valence-corrected chi connectivity index (χ1v) is 18.0. The molecule has 1 aliphatic heterocycles. The number of rotatable bonds is 8. The molecule has 2 aromatic heterocycles. The summed E-state index contributed by atoms with van der Waals surface area (Å²) in [5.74, 6) is -2.07. The lowest BCUT2D eigenvalue weighted by molar-refractivity contribution is -0.120. The quantitative estimate of drug-likeness (QED) is 0.184. The minimum absolute atomic E-state index is 0.0731. The summed E-state index contributed by atoms with van der Waals surface area (Å²) in [6.07, 6.45) is 3.65. The number of nitrogens with zero attached hydrogens (tertiary/aromatic N) is 4. The van der Waals surface area contributed by atoms with E-state index in [1.807, 2.05) is 25.1 Å². The fourth-order valence-corrected chi connectivity index (χ4v) is 8.40. The SMILES string of the molecule is Cc1ccc([C@H](F)c2c(C3CCN(c4ncc(-c5cccc(OC=O)c5)cn4)CC3)nc3c(c2C2CCC(F)(F)CC2)[C@@H](O)CC(C)(C)C3)cc1. The van der Waals surface area contributed by atoms with Crippen LogP contribution < -0.4 is 9.64 Å². The number of halogens is 3. The molecule has 7 rings (SSSR count). The van der Waals surface area contributed by atoms with Gasteiger partial charge in [0.1, 0.15) is 5.75 Å². The van der Waals surface area contributed by atoms with E-state index in [4.69, 9.17) is 9.72 Å². The van der Waals surface area contributed by atoms with Gasteiger partial charge in [0.2, 0.25) is 11.9 Å². The van der Waals surface area contributed by atoms with E-state index in [0.29, 0.717) is 79.3 Å². The van der Waals surface area contributed by atoms with E-state index in [2.05, 4.69) is 28.7 Å². The lowest BCUT2D eigenvalue weighted by Crippen LogP contribution is -2.36.